The molecule has 24 heavy (non-hydrogen) atoms. The van der Waals surface area contributed by atoms with Gasteiger partial charge in [-0.25, -0.2) is 0 Å². The molecule has 0 atom stereocenters. The average Bonchev–Trinajstić information content (AvgIpc) is 2.58. The number of amides is 1. The van der Waals surface area contributed by atoms with E-state index in [1.165, 1.54) is 26.4 Å². The maximum absolute atomic E-state index is 12.4. The van der Waals surface area contributed by atoms with Gasteiger partial charge >= 0.3 is 0 Å². The highest BCUT2D eigenvalue weighted by Crippen LogP contribution is 2.34. The zero-order valence-electron chi connectivity index (χ0n) is 13.7. The number of nitrogens with one attached hydrogen (secondary N) is 1. The number of ether oxygens (including phenoxy) is 2. The minimum atomic E-state index is -0.621. The molecular weight excluding hydrogens is 312 g/mol. The van der Waals surface area contributed by atoms with Gasteiger partial charge in [-0.2, -0.15) is 0 Å². The smallest absolute Gasteiger partial charge is 0.286 e. The van der Waals surface area contributed by atoms with Gasteiger partial charge in [-0.3, -0.25) is 14.9 Å². The van der Waals surface area contributed by atoms with Gasteiger partial charge in [0.15, 0.2) is 11.5 Å². The highest BCUT2D eigenvalue weighted by Gasteiger charge is 2.24. The van der Waals surface area contributed by atoms with E-state index in [2.05, 4.69) is 5.32 Å². The Morgan fingerprint density at radius 3 is 2.42 bits per heavy atom. The molecule has 0 saturated heterocycles. The number of hydrogen-bond acceptors (Lipinski definition) is 5. The van der Waals surface area contributed by atoms with Crippen molar-refractivity contribution in [3.63, 3.8) is 0 Å². The molecule has 0 aliphatic rings. The molecule has 1 N–H and O–H groups in total. The predicted molar refractivity (Wildman–Crippen MR) is 88.5 cm³/mol. The Labute approximate surface area is 139 Å². The summed E-state index contributed by atoms with van der Waals surface area (Å²) in [4.78, 5) is 23.0. The molecule has 0 unspecified atom stereocenters. The second-order valence-corrected chi connectivity index (χ2v) is 5.15. The van der Waals surface area contributed by atoms with Gasteiger partial charge < -0.3 is 14.8 Å². The first-order valence-electron chi connectivity index (χ1n) is 7.20. The molecule has 0 radical (unpaired) electrons. The lowest BCUT2D eigenvalue weighted by atomic mass is 10.1. The highest BCUT2D eigenvalue weighted by atomic mass is 16.6. The molecule has 126 valence electrons. The van der Waals surface area contributed by atoms with Crippen LogP contribution < -0.4 is 14.8 Å². The molecule has 7 heteroatoms. The molecular formula is C17H18N2O5. The molecule has 1 amide bonds. The number of methoxy groups -OCH3 is 2. The van der Waals surface area contributed by atoms with Crippen molar-refractivity contribution in [2.75, 3.05) is 14.2 Å². The van der Waals surface area contributed by atoms with Gasteiger partial charge in [-0.1, -0.05) is 29.8 Å². The molecule has 0 spiro atoms. The van der Waals surface area contributed by atoms with E-state index in [1.54, 1.807) is 0 Å². The third kappa shape index (κ3) is 3.81. The fraction of sp³-hybridized carbons (Fsp3) is 0.235. The van der Waals surface area contributed by atoms with Crippen molar-refractivity contribution in [3.8, 4) is 11.5 Å². The Balaban J connectivity index is 2.28. The lowest BCUT2D eigenvalue weighted by Crippen LogP contribution is -2.23. The molecule has 0 bridgehead atoms. The van der Waals surface area contributed by atoms with Gasteiger partial charge in [0, 0.05) is 12.6 Å². The fourth-order valence-electron chi connectivity index (χ4n) is 2.30. The van der Waals surface area contributed by atoms with E-state index in [-0.39, 0.29) is 29.3 Å². The molecule has 2 rings (SSSR count). The Kier molecular flexibility index (Phi) is 5.36. The van der Waals surface area contributed by atoms with Crippen molar-refractivity contribution < 1.29 is 19.2 Å². The average molecular weight is 330 g/mol. The van der Waals surface area contributed by atoms with Crippen LogP contribution in [0.25, 0.3) is 0 Å². The van der Waals surface area contributed by atoms with E-state index in [0.29, 0.717) is 0 Å². The van der Waals surface area contributed by atoms with Gasteiger partial charge in [0.25, 0.3) is 11.6 Å². The van der Waals surface area contributed by atoms with E-state index in [9.17, 15) is 14.9 Å². The van der Waals surface area contributed by atoms with Crippen LogP contribution in [0.2, 0.25) is 0 Å². The molecule has 7 nitrogen and oxygen atoms in total. The van der Waals surface area contributed by atoms with Crippen molar-refractivity contribution in [1.82, 2.24) is 5.32 Å². The summed E-state index contributed by atoms with van der Waals surface area (Å²) >= 11 is 0. The Morgan fingerprint density at radius 1 is 1.17 bits per heavy atom. The molecule has 2 aromatic rings. The SMILES string of the molecule is COc1cc(C(=O)NCc2cccc(C)c2)c([N+](=O)[O-])cc1OC. The van der Waals surface area contributed by atoms with Crippen molar-refractivity contribution in [2.45, 2.75) is 13.5 Å². The number of carbonyl (C=O) groups excluding carboxylic acids is 1. The number of nitrogens with zero attached hydrogens (tertiary/aromatic N) is 1. The molecule has 0 aliphatic heterocycles. The van der Waals surface area contributed by atoms with E-state index in [4.69, 9.17) is 9.47 Å². The first-order chi connectivity index (χ1) is 11.5. The third-order valence-corrected chi connectivity index (χ3v) is 3.48. The van der Waals surface area contributed by atoms with Crippen LogP contribution in [0.4, 0.5) is 5.69 Å². The van der Waals surface area contributed by atoms with Crippen molar-refractivity contribution in [2.24, 2.45) is 0 Å². The van der Waals surface area contributed by atoms with Gasteiger partial charge in [-0.05, 0) is 12.5 Å². The topological polar surface area (TPSA) is 90.7 Å². The quantitative estimate of drug-likeness (QED) is 0.649. The molecule has 2 aromatic carbocycles. The summed E-state index contributed by atoms with van der Waals surface area (Å²) in [6.07, 6.45) is 0. The number of hydrogen-bond donors (Lipinski definition) is 1. The Morgan fingerprint density at radius 2 is 1.83 bits per heavy atom. The minimum absolute atomic E-state index is 0.0784. The largest absolute Gasteiger partial charge is 0.493 e. The van der Waals surface area contributed by atoms with Gasteiger partial charge in [-0.15, -0.1) is 0 Å². The van der Waals surface area contributed by atoms with E-state index < -0.39 is 10.8 Å². The van der Waals surface area contributed by atoms with Crippen LogP contribution in [-0.4, -0.2) is 25.1 Å². The van der Waals surface area contributed by atoms with E-state index in [1.807, 2.05) is 31.2 Å². The molecule has 0 fully saturated rings. The Hall–Kier alpha value is -3.09. The second kappa shape index (κ2) is 7.45. The number of aryl methyl sites for hydroxylation is 1. The number of rotatable bonds is 6. The zero-order valence-corrected chi connectivity index (χ0v) is 13.7. The van der Waals surface area contributed by atoms with Crippen LogP contribution in [0.15, 0.2) is 36.4 Å². The molecule has 0 aromatic heterocycles. The monoisotopic (exact) mass is 330 g/mol. The van der Waals surface area contributed by atoms with Crippen molar-refractivity contribution in [1.29, 1.82) is 0 Å². The maximum atomic E-state index is 12.4. The first kappa shape index (κ1) is 17.3. The fourth-order valence-corrected chi connectivity index (χ4v) is 2.30. The first-order valence-corrected chi connectivity index (χ1v) is 7.20. The summed E-state index contributed by atoms with van der Waals surface area (Å²) in [5, 5.41) is 13.9. The number of carbonyl (C=O) groups is 1. The molecule has 0 heterocycles. The van der Waals surface area contributed by atoms with E-state index in [0.717, 1.165) is 11.1 Å². The minimum Gasteiger partial charge on any atom is -0.493 e. The summed E-state index contributed by atoms with van der Waals surface area (Å²) < 4.78 is 10.2. The molecule has 0 saturated carbocycles. The van der Waals surface area contributed by atoms with Gasteiger partial charge in [0.1, 0.15) is 5.56 Å². The summed E-state index contributed by atoms with van der Waals surface area (Å²) in [5.74, 6) is -0.104. The van der Waals surface area contributed by atoms with E-state index >= 15 is 0 Å². The van der Waals surface area contributed by atoms with Crippen molar-refractivity contribution in [3.05, 3.63) is 63.2 Å². The molecule has 0 aliphatic carbocycles. The standard InChI is InChI=1S/C17H18N2O5/c1-11-5-4-6-12(7-11)10-18-17(20)13-8-15(23-2)16(24-3)9-14(13)19(21)22/h4-9H,10H2,1-3H3,(H,18,20). The highest BCUT2D eigenvalue weighted by molar-refractivity contribution is 5.99. The Bertz CT molecular complexity index is 774. The zero-order chi connectivity index (χ0) is 17.7. The van der Waals surface area contributed by atoms with Crippen LogP contribution >= 0.6 is 0 Å². The third-order valence-electron chi connectivity index (χ3n) is 3.48. The summed E-state index contributed by atoms with van der Waals surface area (Å²) in [7, 11) is 2.77. The number of nitro groups is 1. The maximum Gasteiger partial charge on any atom is 0.286 e. The van der Waals surface area contributed by atoms with Crippen molar-refractivity contribution >= 4 is 11.6 Å². The summed E-state index contributed by atoms with van der Waals surface area (Å²) in [6, 6.07) is 10.1. The van der Waals surface area contributed by atoms with Crippen LogP contribution in [0.3, 0.4) is 0 Å². The van der Waals surface area contributed by atoms with Gasteiger partial charge in [0.05, 0.1) is 25.2 Å². The lowest BCUT2D eigenvalue weighted by molar-refractivity contribution is -0.385. The summed E-state index contributed by atoms with van der Waals surface area (Å²) in [6.45, 7) is 2.22. The van der Waals surface area contributed by atoms with Crippen LogP contribution in [0.1, 0.15) is 21.5 Å². The van der Waals surface area contributed by atoms with Gasteiger partial charge in [0.2, 0.25) is 0 Å². The van der Waals surface area contributed by atoms with Crippen LogP contribution in [-0.2, 0) is 6.54 Å². The van der Waals surface area contributed by atoms with Crippen LogP contribution in [0.5, 0.6) is 11.5 Å². The van der Waals surface area contributed by atoms with Crippen LogP contribution in [0, 0.1) is 17.0 Å². The summed E-state index contributed by atoms with van der Waals surface area (Å²) in [5.41, 5.74) is 1.56. The predicted octanol–water partition coefficient (Wildman–Crippen LogP) is 2.85. The number of benzene rings is 2. The lowest BCUT2D eigenvalue weighted by Gasteiger charge is -2.11. The number of nitro benzene ring substituents is 1. The normalized spacial score (nSPS) is 10.1. The second-order valence-electron chi connectivity index (χ2n) is 5.15.